The number of phenolic OH excluding ortho intramolecular Hbond substituents is 2. The Hall–Kier alpha value is -4.58. The van der Waals surface area contributed by atoms with Crippen LogP contribution < -0.4 is 9.13 Å². The third-order valence-corrected chi connectivity index (χ3v) is 6.75. The molecule has 2 aromatic heterocycles. The van der Waals surface area contributed by atoms with Crippen molar-refractivity contribution >= 4 is 21.5 Å². The fraction of sp³-hybridized carbons (Fsp3) is 0.133. The van der Waals surface area contributed by atoms with Crippen LogP contribution in [0.4, 0.5) is 0 Å². The van der Waals surface area contributed by atoms with Gasteiger partial charge in [0.25, 0.3) is 0 Å². The molecule has 0 fully saturated rings. The minimum absolute atomic E-state index is 0.152. The van der Waals surface area contributed by atoms with Gasteiger partial charge in [-0.15, -0.1) is 0 Å². The predicted octanol–water partition coefficient (Wildman–Crippen LogP) is 4.42. The van der Waals surface area contributed by atoms with Crippen molar-refractivity contribution in [3.63, 3.8) is 0 Å². The molecule has 0 aliphatic rings. The molecule has 2 N–H and O–H groups in total. The van der Waals surface area contributed by atoms with Crippen LogP contribution in [0.3, 0.4) is 0 Å². The molecule has 0 saturated carbocycles. The van der Waals surface area contributed by atoms with Gasteiger partial charge in [-0.25, -0.2) is 18.3 Å². The number of fused-ring (bicyclic) bond motifs is 2. The summed E-state index contributed by atoms with van der Waals surface area (Å²) in [6, 6.07) is 19.9. The van der Waals surface area contributed by atoms with E-state index in [9.17, 15) is 10.2 Å². The number of aryl methyl sites for hydroxylation is 2. The molecule has 0 unspecified atom stereocenters. The molecule has 6 aromatic rings. The summed E-state index contributed by atoms with van der Waals surface area (Å²) >= 11 is 0. The first kappa shape index (κ1) is 21.9. The van der Waals surface area contributed by atoms with E-state index >= 15 is 0 Å². The van der Waals surface area contributed by atoms with Gasteiger partial charge in [0.1, 0.15) is 49.4 Å². The van der Waals surface area contributed by atoms with E-state index in [1.54, 1.807) is 12.1 Å². The monoisotopic (exact) mass is 476 g/mol. The summed E-state index contributed by atoms with van der Waals surface area (Å²) in [5, 5.41) is 25.8. The van der Waals surface area contributed by atoms with Crippen molar-refractivity contribution in [1.29, 1.82) is 0 Å². The van der Waals surface area contributed by atoms with E-state index in [0.29, 0.717) is 11.1 Å². The molecule has 6 heteroatoms. The van der Waals surface area contributed by atoms with E-state index in [-0.39, 0.29) is 11.5 Å². The maximum atomic E-state index is 11.0. The van der Waals surface area contributed by atoms with Crippen LogP contribution in [-0.2, 0) is 27.2 Å². The highest BCUT2D eigenvalue weighted by molar-refractivity contribution is 6.09. The quantitative estimate of drug-likeness (QED) is 0.362. The molecule has 6 rings (SSSR count). The maximum absolute atomic E-state index is 11.0. The molecular weight excluding hydrogens is 448 g/mol. The lowest BCUT2D eigenvalue weighted by molar-refractivity contribution is -0.671. The number of hydrogen-bond donors (Lipinski definition) is 2. The Labute approximate surface area is 209 Å². The first-order valence-electron chi connectivity index (χ1n) is 12.0. The van der Waals surface area contributed by atoms with Crippen molar-refractivity contribution in [1.82, 2.24) is 9.13 Å². The zero-order valence-electron chi connectivity index (χ0n) is 20.3. The summed E-state index contributed by atoms with van der Waals surface area (Å²) in [4.78, 5) is 0. The number of aromatic hydroxyl groups is 2. The molecule has 36 heavy (non-hydrogen) atoms. The van der Waals surface area contributed by atoms with E-state index in [4.69, 9.17) is 0 Å². The molecule has 0 aliphatic carbocycles. The van der Waals surface area contributed by atoms with Crippen molar-refractivity contribution in [3.05, 3.63) is 109 Å². The van der Waals surface area contributed by atoms with Gasteiger partial charge >= 0.3 is 0 Å². The maximum Gasteiger partial charge on any atom is 0.243 e. The molecular formula is C30H28N4O2+2. The topological polar surface area (TPSA) is 58.1 Å². The van der Waals surface area contributed by atoms with Gasteiger partial charge in [0, 0.05) is 11.1 Å². The van der Waals surface area contributed by atoms with Crippen LogP contribution in [0.5, 0.6) is 11.5 Å². The number of imidazole rings is 2. The van der Waals surface area contributed by atoms with E-state index in [2.05, 4.69) is 33.4 Å². The SMILES string of the molecule is C[n+]1ccn(Cc2ccc3c(-c4c(O)ccc5cc(Cn6cc[n+](C)c6)ccc45)c(O)ccc3c2)c1. The highest BCUT2D eigenvalue weighted by Gasteiger charge is 2.18. The molecule has 0 amide bonds. The Kier molecular flexibility index (Phi) is 5.22. The van der Waals surface area contributed by atoms with E-state index < -0.39 is 0 Å². The molecule has 178 valence electrons. The summed E-state index contributed by atoms with van der Waals surface area (Å²) < 4.78 is 8.30. The van der Waals surface area contributed by atoms with E-state index in [0.717, 1.165) is 34.6 Å². The molecule has 4 aromatic carbocycles. The second kappa shape index (κ2) is 8.57. The van der Waals surface area contributed by atoms with Crippen LogP contribution >= 0.6 is 0 Å². The van der Waals surface area contributed by atoms with Gasteiger partial charge in [0.15, 0.2) is 0 Å². The van der Waals surface area contributed by atoms with Crippen LogP contribution in [0.1, 0.15) is 11.1 Å². The molecule has 6 nitrogen and oxygen atoms in total. The second-order valence-electron chi connectivity index (χ2n) is 9.53. The first-order chi connectivity index (χ1) is 17.4. The predicted molar refractivity (Wildman–Crippen MR) is 140 cm³/mol. The van der Waals surface area contributed by atoms with Crippen molar-refractivity contribution in [2.24, 2.45) is 14.1 Å². The van der Waals surface area contributed by atoms with Crippen LogP contribution in [0.2, 0.25) is 0 Å². The van der Waals surface area contributed by atoms with E-state index in [1.165, 1.54) is 11.1 Å². The van der Waals surface area contributed by atoms with Crippen LogP contribution in [0.25, 0.3) is 32.7 Å². The van der Waals surface area contributed by atoms with Gasteiger partial charge < -0.3 is 10.2 Å². The Bertz CT molecular complexity index is 1620. The van der Waals surface area contributed by atoms with Crippen LogP contribution in [0, 0.1) is 0 Å². The van der Waals surface area contributed by atoms with Crippen LogP contribution in [0.15, 0.2) is 98.1 Å². The zero-order valence-corrected chi connectivity index (χ0v) is 20.3. The summed E-state index contributed by atoms with van der Waals surface area (Å²) in [6.45, 7) is 1.52. The summed E-state index contributed by atoms with van der Waals surface area (Å²) in [5.41, 5.74) is 3.64. The van der Waals surface area contributed by atoms with Crippen molar-refractivity contribution < 1.29 is 19.3 Å². The average Bonchev–Trinajstić information content (AvgIpc) is 3.47. The number of hydrogen-bond acceptors (Lipinski definition) is 2. The number of nitrogens with zero attached hydrogens (tertiary/aromatic N) is 4. The summed E-state index contributed by atoms with van der Waals surface area (Å²) in [6.07, 6.45) is 12.2. The number of rotatable bonds is 5. The van der Waals surface area contributed by atoms with Gasteiger partial charge in [-0.1, -0.05) is 36.4 Å². The normalized spacial score (nSPS) is 11.5. The number of phenols is 2. The first-order valence-corrected chi connectivity index (χ1v) is 12.0. The van der Waals surface area contributed by atoms with Gasteiger partial charge in [0.2, 0.25) is 12.7 Å². The Morgan fingerprint density at radius 3 is 1.44 bits per heavy atom. The van der Waals surface area contributed by atoms with Gasteiger partial charge in [-0.05, 0) is 56.9 Å². The third-order valence-electron chi connectivity index (χ3n) is 6.75. The molecule has 2 heterocycles. The van der Waals surface area contributed by atoms with Crippen molar-refractivity contribution in [2.75, 3.05) is 0 Å². The third kappa shape index (κ3) is 3.96. The van der Waals surface area contributed by atoms with Crippen LogP contribution in [-0.4, -0.2) is 19.3 Å². The Morgan fingerprint density at radius 2 is 1.06 bits per heavy atom. The minimum Gasteiger partial charge on any atom is -0.507 e. The molecule has 0 radical (unpaired) electrons. The van der Waals surface area contributed by atoms with Crippen molar-refractivity contribution in [2.45, 2.75) is 13.1 Å². The lowest BCUT2D eigenvalue weighted by atomic mass is 9.91. The fourth-order valence-electron chi connectivity index (χ4n) is 5.07. The van der Waals surface area contributed by atoms with Gasteiger partial charge in [-0.2, -0.15) is 0 Å². The fourth-order valence-corrected chi connectivity index (χ4v) is 5.07. The van der Waals surface area contributed by atoms with Gasteiger partial charge in [0.05, 0.1) is 14.1 Å². The smallest absolute Gasteiger partial charge is 0.243 e. The minimum atomic E-state index is 0.152. The largest absolute Gasteiger partial charge is 0.507 e. The molecule has 0 aliphatic heterocycles. The highest BCUT2D eigenvalue weighted by Crippen LogP contribution is 2.44. The number of aromatic nitrogens is 4. The summed E-state index contributed by atoms with van der Waals surface area (Å²) in [5.74, 6) is 0.304. The van der Waals surface area contributed by atoms with E-state index in [1.807, 2.05) is 84.9 Å². The van der Waals surface area contributed by atoms with Crippen molar-refractivity contribution in [3.8, 4) is 22.6 Å². The Balaban J connectivity index is 1.45. The number of benzene rings is 4. The molecule has 0 saturated heterocycles. The second-order valence-corrected chi connectivity index (χ2v) is 9.53. The highest BCUT2D eigenvalue weighted by atomic mass is 16.3. The molecule has 0 atom stereocenters. The molecule has 0 spiro atoms. The standard InChI is InChI=1S/C30H26N4O2/c1-31-11-13-33(19-31)17-21-3-7-25-23(15-21)5-9-27(35)29(25)30-26-8-4-22(16-24(26)6-10-28(30)36)18-34-14-12-32(2)20-34/h3-16,19-20H,17-18H2,1-2H3/p+2. The lowest BCUT2D eigenvalue weighted by Crippen LogP contribution is -2.23. The molecule has 0 bridgehead atoms. The van der Waals surface area contributed by atoms with Gasteiger partial charge in [-0.3, -0.25) is 0 Å². The Morgan fingerprint density at radius 1 is 0.611 bits per heavy atom. The average molecular weight is 477 g/mol. The summed E-state index contributed by atoms with van der Waals surface area (Å²) in [7, 11) is 4.01. The lowest BCUT2D eigenvalue weighted by Gasteiger charge is -2.15. The zero-order chi connectivity index (χ0) is 24.8.